The molecule has 0 aliphatic carbocycles. The number of ether oxygens (including phenoxy) is 1. The van der Waals surface area contributed by atoms with Gasteiger partial charge in [0.1, 0.15) is 17.4 Å². The predicted molar refractivity (Wildman–Crippen MR) is 74.8 cm³/mol. The molecule has 0 amide bonds. The van der Waals surface area contributed by atoms with Crippen LogP contribution in [0.25, 0.3) is 0 Å². The van der Waals surface area contributed by atoms with E-state index in [2.05, 4.69) is 11.1 Å². The third kappa shape index (κ3) is 2.50. The smallest absolute Gasteiger partial charge is 0.237 e. The van der Waals surface area contributed by atoms with Crippen LogP contribution in [0, 0.1) is 25.2 Å². The topological polar surface area (TPSA) is 78.8 Å². The van der Waals surface area contributed by atoms with Gasteiger partial charge in [-0.25, -0.2) is 4.99 Å². The monoisotopic (exact) mass is 270 g/mol. The van der Waals surface area contributed by atoms with Crippen molar-refractivity contribution in [3.63, 3.8) is 0 Å². The van der Waals surface area contributed by atoms with Crippen molar-refractivity contribution in [3.05, 3.63) is 40.6 Å². The largest absolute Gasteiger partial charge is 0.504 e. The Morgan fingerprint density at radius 1 is 1.40 bits per heavy atom. The van der Waals surface area contributed by atoms with Crippen LogP contribution in [0.5, 0.6) is 11.5 Å². The molecule has 2 aromatic rings. The maximum Gasteiger partial charge on any atom is 0.237 e. The number of furan rings is 1. The molecule has 0 saturated heterocycles. The Morgan fingerprint density at radius 2 is 2.15 bits per heavy atom. The third-order valence-corrected chi connectivity index (χ3v) is 3.01. The van der Waals surface area contributed by atoms with Gasteiger partial charge in [0.25, 0.3) is 0 Å². The first-order chi connectivity index (χ1) is 9.56. The summed E-state index contributed by atoms with van der Waals surface area (Å²) in [5.74, 6) is 1.39. The molecule has 0 aliphatic rings. The zero-order chi connectivity index (χ0) is 14.7. The summed E-state index contributed by atoms with van der Waals surface area (Å²) in [7, 11) is 1.48. The van der Waals surface area contributed by atoms with E-state index in [-0.39, 0.29) is 11.6 Å². The number of nitriles is 1. The fourth-order valence-corrected chi connectivity index (χ4v) is 1.74. The molecule has 0 atom stereocenters. The molecule has 0 saturated carbocycles. The Kier molecular flexibility index (Phi) is 3.76. The van der Waals surface area contributed by atoms with Gasteiger partial charge in [-0.2, -0.15) is 5.26 Å². The summed E-state index contributed by atoms with van der Waals surface area (Å²) in [6.07, 6.45) is 1.56. The Labute approximate surface area is 116 Å². The minimum atomic E-state index is 0.0621. The zero-order valence-electron chi connectivity index (χ0n) is 11.5. The molecule has 0 unspecified atom stereocenters. The van der Waals surface area contributed by atoms with Crippen molar-refractivity contribution in [1.82, 2.24) is 0 Å². The first kappa shape index (κ1) is 13.7. The maximum atomic E-state index is 9.51. The fraction of sp³-hybridized carbons (Fsp3) is 0.200. The molecule has 1 heterocycles. The summed E-state index contributed by atoms with van der Waals surface area (Å²) in [4.78, 5) is 4.18. The molecule has 5 nitrogen and oxygen atoms in total. The number of aryl methyl sites for hydroxylation is 1. The second kappa shape index (κ2) is 5.49. The van der Waals surface area contributed by atoms with Gasteiger partial charge in [-0.1, -0.05) is 0 Å². The highest BCUT2D eigenvalue weighted by Crippen LogP contribution is 2.29. The molecule has 1 aromatic heterocycles. The predicted octanol–water partition coefficient (Wildman–Crippen LogP) is 3.23. The molecule has 1 N–H and O–H groups in total. The zero-order valence-corrected chi connectivity index (χ0v) is 11.5. The molecule has 0 radical (unpaired) electrons. The highest BCUT2D eigenvalue weighted by atomic mass is 16.5. The molecule has 0 spiro atoms. The van der Waals surface area contributed by atoms with Gasteiger partial charge >= 0.3 is 0 Å². The van der Waals surface area contributed by atoms with Crippen LogP contribution in [-0.2, 0) is 0 Å². The van der Waals surface area contributed by atoms with Crippen molar-refractivity contribution < 1.29 is 14.3 Å². The molecule has 1 aromatic carbocycles. The van der Waals surface area contributed by atoms with Gasteiger partial charge in [0.15, 0.2) is 11.5 Å². The van der Waals surface area contributed by atoms with Gasteiger partial charge < -0.3 is 14.3 Å². The molecule has 102 valence electrons. The summed E-state index contributed by atoms with van der Waals surface area (Å²) in [5, 5.41) is 18.6. The number of aliphatic imine (C=N–C) groups is 1. The number of hydrogen-bond acceptors (Lipinski definition) is 5. The van der Waals surface area contributed by atoms with E-state index in [1.807, 2.05) is 6.92 Å². The lowest BCUT2D eigenvalue weighted by Crippen LogP contribution is -1.87. The summed E-state index contributed by atoms with van der Waals surface area (Å²) < 4.78 is 10.5. The highest BCUT2D eigenvalue weighted by Gasteiger charge is 2.12. The van der Waals surface area contributed by atoms with E-state index in [4.69, 9.17) is 14.4 Å². The third-order valence-electron chi connectivity index (χ3n) is 3.01. The molecule has 5 heteroatoms. The van der Waals surface area contributed by atoms with Crippen molar-refractivity contribution in [3.8, 4) is 17.6 Å². The summed E-state index contributed by atoms with van der Waals surface area (Å²) in [6.45, 7) is 3.61. The Balaban J connectivity index is 2.35. The van der Waals surface area contributed by atoms with Gasteiger partial charge in [-0.05, 0) is 37.6 Å². The maximum absolute atomic E-state index is 9.51. The fourth-order valence-electron chi connectivity index (χ4n) is 1.74. The Bertz CT molecular complexity index is 709. The Morgan fingerprint density at radius 3 is 2.80 bits per heavy atom. The molecule has 2 rings (SSSR count). The number of phenolic OH excluding ortho intramolecular Hbond substituents is 1. The lowest BCUT2D eigenvalue weighted by Gasteiger charge is -2.03. The van der Waals surface area contributed by atoms with Crippen LogP contribution in [0.4, 0.5) is 5.88 Å². The number of phenols is 1. The van der Waals surface area contributed by atoms with E-state index in [1.54, 1.807) is 25.3 Å². The van der Waals surface area contributed by atoms with Gasteiger partial charge in [0.2, 0.25) is 5.88 Å². The van der Waals surface area contributed by atoms with E-state index in [9.17, 15) is 5.11 Å². The van der Waals surface area contributed by atoms with Crippen LogP contribution in [0.2, 0.25) is 0 Å². The summed E-state index contributed by atoms with van der Waals surface area (Å²) in [6, 6.07) is 6.94. The first-order valence-corrected chi connectivity index (χ1v) is 5.98. The number of nitrogens with zero attached hydrogens (tertiary/aromatic N) is 2. The minimum Gasteiger partial charge on any atom is -0.504 e. The highest BCUT2D eigenvalue weighted by molar-refractivity contribution is 5.83. The minimum absolute atomic E-state index is 0.0621. The first-order valence-electron chi connectivity index (χ1n) is 5.98. The number of aromatic hydroxyl groups is 1. The van der Waals surface area contributed by atoms with Crippen molar-refractivity contribution in [2.24, 2.45) is 4.99 Å². The number of hydrogen-bond donors (Lipinski definition) is 1. The van der Waals surface area contributed by atoms with Crippen molar-refractivity contribution in [2.45, 2.75) is 13.8 Å². The van der Waals surface area contributed by atoms with Crippen LogP contribution < -0.4 is 4.74 Å². The standard InChI is InChI=1S/C15H14N2O3/c1-9-10(2)20-15(12(9)7-16)17-8-11-4-5-13(18)14(6-11)19-3/h4-6,8,18H,1-3H3. The second-order valence-corrected chi connectivity index (χ2v) is 4.26. The lowest BCUT2D eigenvalue weighted by atomic mass is 10.2. The molecular weight excluding hydrogens is 256 g/mol. The van der Waals surface area contributed by atoms with Crippen LogP contribution >= 0.6 is 0 Å². The van der Waals surface area contributed by atoms with Gasteiger partial charge in [-0.15, -0.1) is 0 Å². The van der Waals surface area contributed by atoms with E-state index >= 15 is 0 Å². The SMILES string of the molecule is COc1cc(C=Nc2oc(C)c(C)c2C#N)ccc1O. The average molecular weight is 270 g/mol. The average Bonchev–Trinajstić information content (AvgIpc) is 2.72. The van der Waals surface area contributed by atoms with Gasteiger partial charge in [0.05, 0.1) is 7.11 Å². The van der Waals surface area contributed by atoms with Crippen LogP contribution in [0.3, 0.4) is 0 Å². The lowest BCUT2D eigenvalue weighted by molar-refractivity contribution is 0.373. The van der Waals surface area contributed by atoms with E-state index in [0.29, 0.717) is 17.1 Å². The summed E-state index contributed by atoms with van der Waals surface area (Å²) >= 11 is 0. The summed E-state index contributed by atoms with van der Waals surface area (Å²) in [5.41, 5.74) is 1.96. The number of methoxy groups -OCH3 is 1. The molecular formula is C15H14N2O3. The van der Waals surface area contributed by atoms with Crippen molar-refractivity contribution in [2.75, 3.05) is 7.11 Å². The van der Waals surface area contributed by atoms with Crippen LogP contribution in [0.15, 0.2) is 27.6 Å². The van der Waals surface area contributed by atoms with E-state index in [1.165, 1.54) is 13.2 Å². The van der Waals surface area contributed by atoms with E-state index < -0.39 is 0 Å². The molecule has 0 fully saturated rings. The normalized spacial score (nSPS) is 10.7. The van der Waals surface area contributed by atoms with E-state index in [0.717, 1.165) is 11.1 Å². The van der Waals surface area contributed by atoms with Gasteiger partial charge in [0, 0.05) is 11.8 Å². The number of rotatable bonds is 3. The van der Waals surface area contributed by atoms with Crippen molar-refractivity contribution in [1.29, 1.82) is 5.26 Å². The quantitative estimate of drug-likeness (QED) is 0.868. The number of benzene rings is 1. The van der Waals surface area contributed by atoms with Crippen molar-refractivity contribution >= 4 is 12.1 Å². The second-order valence-electron chi connectivity index (χ2n) is 4.26. The van der Waals surface area contributed by atoms with Gasteiger partial charge in [-0.3, -0.25) is 0 Å². The van der Waals surface area contributed by atoms with Crippen LogP contribution in [-0.4, -0.2) is 18.4 Å². The molecule has 0 bridgehead atoms. The Hall–Kier alpha value is -2.74. The van der Waals surface area contributed by atoms with Crippen LogP contribution in [0.1, 0.15) is 22.5 Å². The molecule has 20 heavy (non-hydrogen) atoms. The molecule has 0 aliphatic heterocycles.